The van der Waals surface area contributed by atoms with Crippen molar-refractivity contribution in [3.63, 3.8) is 0 Å². The zero-order valence-corrected chi connectivity index (χ0v) is 21.3. The molecule has 0 N–H and O–H groups in total. The molecule has 1 aliphatic rings. The van der Waals surface area contributed by atoms with Crippen LogP contribution in [-0.2, 0) is 9.53 Å². The number of methoxy groups -OCH3 is 1. The van der Waals surface area contributed by atoms with Gasteiger partial charge in [0.2, 0.25) is 0 Å². The lowest BCUT2D eigenvalue weighted by Crippen LogP contribution is -2.39. The molecular weight excluding hydrogens is 464 g/mol. The molecule has 1 aliphatic heterocycles. The molecule has 0 aliphatic carbocycles. The molecule has 182 valence electrons. The Labute approximate surface area is 207 Å². The lowest BCUT2D eigenvalue weighted by atomic mass is 9.96. The predicted octanol–water partition coefficient (Wildman–Crippen LogP) is 3.51. The number of carbonyl (C=O) groups excluding carboxylic acids is 1. The van der Waals surface area contributed by atoms with E-state index in [0.717, 1.165) is 28.2 Å². The molecule has 8 heteroatoms. The Morgan fingerprint density at radius 3 is 2.51 bits per heavy atom. The number of esters is 1. The summed E-state index contributed by atoms with van der Waals surface area (Å²) in [5.41, 5.74) is 3.30. The summed E-state index contributed by atoms with van der Waals surface area (Å²) in [4.78, 5) is 31.8. The van der Waals surface area contributed by atoms with E-state index < -0.39 is 12.0 Å². The summed E-state index contributed by atoms with van der Waals surface area (Å²) in [6, 6.07) is 12.5. The molecule has 0 radical (unpaired) electrons. The second-order valence-electron chi connectivity index (χ2n) is 8.03. The van der Waals surface area contributed by atoms with Crippen molar-refractivity contribution >= 4 is 23.4 Å². The fourth-order valence-electron chi connectivity index (χ4n) is 4.10. The summed E-state index contributed by atoms with van der Waals surface area (Å²) in [7, 11) is 1.62. The molecule has 1 aromatic heterocycles. The maximum absolute atomic E-state index is 13.7. The molecule has 0 fully saturated rings. The summed E-state index contributed by atoms with van der Waals surface area (Å²) in [6.45, 7) is 8.19. The number of rotatable bonds is 7. The number of hydrogen-bond donors (Lipinski definition) is 0. The minimum absolute atomic E-state index is 0.221. The number of nitrogens with zero attached hydrogens (tertiary/aromatic N) is 2. The quantitative estimate of drug-likeness (QED) is 0.472. The molecule has 35 heavy (non-hydrogen) atoms. The van der Waals surface area contributed by atoms with Gasteiger partial charge in [-0.05, 0) is 68.7 Å². The topological polar surface area (TPSA) is 79.1 Å². The van der Waals surface area contributed by atoms with Gasteiger partial charge >= 0.3 is 5.97 Å². The van der Waals surface area contributed by atoms with Crippen molar-refractivity contribution in [2.24, 2.45) is 4.99 Å². The van der Waals surface area contributed by atoms with Crippen molar-refractivity contribution in [3.05, 3.63) is 90.1 Å². The number of carbonyl (C=O) groups is 1. The molecule has 2 aromatic carbocycles. The maximum atomic E-state index is 13.7. The van der Waals surface area contributed by atoms with Crippen LogP contribution in [0.25, 0.3) is 6.08 Å². The van der Waals surface area contributed by atoms with Gasteiger partial charge in [0.25, 0.3) is 5.56 Å². The zero-order valence-electron chi connectivity index (χ0n) is 20.5. The maximum Gasteiger partial charge on any atom is 0.338 e. The molecular formula is C27H28N2O5S. The van der Waals surface area contributed by atoms with Crippen molar-refractivity contribution in [2.45, 2.75) is 33.7 Å². The van der Waals surface area contributed by atoms with Gasteiger partial charge in [-0.2, -0.15) is 0 Å². The minimum Gasteiger partial charge on any atom is -0.496 e. The second kappa shape index (κ2) is 10.3. The molecule has 2 heterocycles. The Morgan fingerprint density at radius 2 is 1.86 bits per heavy atom. The Morgan fingerprint density at radius 1 is 1.11 bits per heavy atom. The number of ether oxygens (including phenoxy) is 3. The number of hydrogen-bond acceptors (Lipinski definition) is 7. The van der Waals surface area contributed by atoms with Gasteiger partial charge in [0.15, 0.2) is 4.80 Å². The highest BCUT2D eigenvalue weighted by Crippen LogP contribution is 2.31. The molecule has 1 atom stereocenters. The normalized spacial score (nSPS) is 15.5. The summed E-state index contributed by atoms with van der Waals surface area (Å²) in [5, 5.41) is 0. The van der Waals surface area contributed by atoms with E-state index in [-0.39, 0.29) is 12.2 Å². The van der Waals surface area contributed by atoms with Crippen LogP contribution in [0, 0.1) is 6.92 Å². The van der Waals surface area contributed by atoms with E-state index in [0.29, 0.717) is 27.2 Å². The first-order valence-electron chi connectivity index (χ1n) is 11.4. The summed E-state index contributed by atoms with van der Waals surface area (Å²) in [5.74, 6) is 0.986. The summed E-state index contributed by atoms with van der Waals surface area (Å²) in [6.07, 6.45) is 1.82. The highest BCUT2D eigenvalue weighted by molar-refractivity contribution is 7.07. The third-order valence-electron chi connectivity index (χ3n) is 5.75. The average molecular weight is 493 g/mol. The number of aryl methyl sites for hydroxylation is 1. The molecule has 4 rings (SSSR count). The first kappa shape index (κ1) is 24.5. The lowest BCUT2D eigenvalue weighted by molar-refractivity contribution is -0.139. The van der Waals surface area contributed by atoms with E-state index in [9.17, 15) is 9.59 Å². The Kier molecular flexibility index (Phi) is 7.21. The minimum atomic E-state index is -0.657. The number of fused-ring (bicyclic) bond motifs is 1. The van der Waals surface area contributed by atoms with Gasteiger partial charge < -0.3 is 14.2 Å². The smallest absolute Gasteiger partial charge is 0.338 e. The number of benzene rings is 2. The monoisotopic (exact) mass is 492 g/mol. The molecule has 0 unspecified atom stereocenters. The van der Waals surface area contributed by atoms with Gasteiger partial charge in [0, 0.05) is 0 Å². The van der Waals surface area contributed by atoms with Crippen molar-refractivity contribution in [3.8, 4) is 11.5 Å². The van der Waals surface area contributed by atoms with Crippen molar-refractivity contribution < 1.29 is 19.0 Å². The first-order chi connectivity index (χ1) is 16.9. The van der Waals surface area contributed by atoms with E-state index >= 15 is 0 Å². The van der Waals surface area contributed by atoms with Crippen LogP contribution < -0.4 is 24.4 Å². The predicted molar refractivity (Wildman–Crippen MR) is 136 cm³/mol. The van der Waals surface area contributed by atoms with Gasteiger partial charge in [-0.1, -0.05) is 35.6 Å². The van der Waals surface area contributed by atoms with Gasteiger partial charge in [0.05, 0.1) is 42.2 Å². The summed E-state index contributed by atoms with van der Waals surface area (Å²) < 4.78 is 18.4. The molecule has 0 amide bonds. The van der Waals surface area contributed by atoms with Gasteiger partial charge in [-0.3, -0.25) is 9.36 Å². The molecule has 0 saturated carbocycles. The molecule has 0 spiro atoms. The van der Waals surface area contributed by atoms with Crippen molar-refractivity contribution in [2.75, 3.05) is 20.3 Å². The molecule has 0 bridgehead atoms. The molecule has 0 saturated heterocycles. The van der Waals surface area contributed by atoms with E-state index in [1.165, 1.54) is 11.3 Å². The standard InChI is InChI=1S/C27H28N2O5S/c1-6-33-20-12-10-19(11-13-20)24-23(26(31)34-7-2)17(4)28-27-29(24)25(30)22(35-27)15-18-9-8-16(3)21(14-18)32-5/h8-15,24H,6-7H2,1-5H3/b22-15-/t24-/m1/s1. The van der Waals surface area contributed by atoms with Gasteiger partial charge in [-0.25, -0.2) is 9.79 Å². The highest BCUT2D eigenvalue weighted by Gasteiger charge is 2.33. The highest BCUT2D eigenvalue weighted by atomic mass is 32.1. The Hall–Kier alpha value is -3.65. The van der Waals surface area contributed by atoms with Crippen LogP contribution >= 0.6 is 11.3 Å². The lowest BCUT2D eigenvalue weighted by Gasteiger charge is -2.24. The first-order valence-corrected chi connectivity index (χ1v) is 12.3. The Balaban J connectivity index is 1.90. The van der Waals surface area contributed by atoms with E-state index in [1.807, 2.05) is 62.4 Å². The van der Waals surface area contributed by atoms with Crippen molar-refractivity contribution in [1.82, 2.24) is 4.57 Å². The van der Waals surface area contributed by atoms with E-state index in [4.69, 9.17) is 14.2 Å². The number of aromatic nitrogens is 1. The van der Waals surface area contributed by atoms with Crippen LogP contribution in [0.1, 0.15) is 43.5 Å². The largest absolute Gasteiger partial charge is 0.496 e. The average Bonchev–Trinajstić information content (AvgIpc) is 3.14. The second-order valence-corrected chi connectivity index (χ2v) is 9.04. The zero-order chi connectivity index (χ0) is 25.1. The SMILES string of the molecule is CCOC(=O)C1=C(C)N=c2s/c(=C\c3ccc(C)c(OC)c3)c(=O)n2[C@@H]1c1ccc(OCC)cc1. The van der Waals surface area contributed by atoms with Crippen LogP contribution in [0.2, 0.25) is 0 Å². The van der Waals surface area contributed by atoms with Crippen LogP contribution in [0.3, 0.4) is 0 Å². The van der Waals surface area contributed by atoms with Gasteiger partial charge in [0.1, 0.15) is 11.5 Å². The number of allylic oxidation sites excluding steroid dienone is 1. The third kappa shape index (κ3) is 4.79. The van der Waals surface area contributed by atoms with Gasteiger partial charge in [-0.15, -0.1) is 0 Å². The van der Waals surface area contributed by atoms with Crippen LogP contribution in [-0.4, -0.2) is 30.9 Å². The summed E-state index contributed by atoms with van der Waals surface area (Å²) >= 11 is 1.29. The van der Waals surface area contributed by atoms with E-state index in [2.05, 4.69) is 4.99 Å². The number of thiazole rings is 1. The van der Waals surface area contributed by atoms with E-state index in [1.54, 1.807) is 25.5 Å². The fourth-order valence-corrected chi connectivity index (χ4v) is 5.14. The Bertz CT molecular complexity index is 1460. The molecule has 7 nitrogen and oxygen atoms in total. The van der Waals surface area contributed by atoms with Crippen LogP contribution in [0.15, 0.2) is 63.5 Å². The van der Waals surface area contributed by atoms with Crippen LogP contribution in [0.4, 0.5) is 0 Å². The van der Waals surface area contributed by atoms with Crippen molar-refractivity contribution in [1.29, 1.82) is 0 Å². The molecule has 3 aromatic rings. The third-order valence-corrected chi connectivity index (χ3v) is 6.74. The van der Waals surface area contributed by atoms with Crippen LogP contribution in [0.5, 0.6) is 11.5 Å². The fraction of sp³-hybridized carbons (Fsp3) is 0.296.